The highest BCUT2D eigenvalue weighted by Gasteiger charge is 2.14. The quantitative estimate of drug-likeness (QED) is 0.679. The first-order valence-corrected chi connectivity index (χ1v) is 6.49. The lowest BCUT2D eigenvalue weighted by Gasteiger charge is -1.97. The van der Waals surface area contributed by atoms with Gasteiger partial charge in [0.15, 0.2) is 5.76 Å². The van der Waals surface area contributed by atoms with Crippen molar-refractivity contribution in [2.75, 3.05) is 0 Å². The molecule has 0 atom stereocenters. The summed E-state index contributed by atoms with van der Waals surface area (Å²) in [5.41, 5.74) is 3.10. The van der Waals surface area contributed by atoms with Gasteiger partial charge in [-0.05, 0) is 18.6 Å². The molecule has 94 valence electrons. The Bertz CT molecular complexity index is 656. The molecule has 3 rings (SSSR count). The van der Waals surface area contributed by atoms with E-state index in [2.05, 4.69) is 24.0 Å². The molecule has 0 N–H and O–H groups in total. The standard InChI is InChI=1S/C17H15NO/c1-2-15-16(13-9-5-3-6-10-13)19-17(18-15)14-11-7-4-8-12-14/h3-12H,2H2,1H3. The molecule has 0 spiro atoms. The van der Waals surface area contributed by atoms with Gasteiger partial charge in [0, 0.05) is 11.1 Å². The molecule has 1 heterocycles. The molecule has 0 fully saturated rings. The van der Waals surface area contributed by atoms with E-state index in [1.54, 1.807) is 0 Å². The van der Waals surface area contributed by atoms with E-state index >= 15 is 0 Å². The van der Waals surface area contributed by atoms with Crippen molar-refractivity contribution < 1.29 is 4.42 Å². The van der Waals surface area contributed by atoms with Crippen LogP contribution in [0.1, 0.15) is 12.6 Å². The number of hydrogen-bond acceptors (Lipinski definition) is 2. The summed E-state index contributed by atoms with van der Waals surface area (Å²) in [5.74, 6) is 1.57. The van der Waals surface area contributed by atoms with Crippen LogP contribution < -0.4 is 0 Å². The summed E-state index contributed by atoms with van der Waals surface area (Å²) in [7, 11) is 0. The fourth-order valence-corrected chi connectivity index (χ4v) is 2.11. The number of hydrogen-bond donors (Lipinski definition) is 0. The van der Waals surface area contributed by atoms with Gasteiger partial charge in [-0.1, -0.05) is 55.5 Å². The molecular formula is C17H15NO. The first kappa shape index (κ1) is 11.7. The molecule has 19 heavy (non-hydrogen) atoms. The second-order valence-electron chi connectivity index (χ2n) is 4.38. The number of aromatic nitrogens is 1. The second kappa shape index (κ2) is 5.11. The lowest BCUT2D eigenvalue weighted by molar-refractivity contribution is 0.587. The first-order chi connectivity index (χ1) is 9.38. The van der Waals surface area contributed by atoms with Crippen molar-refractivity contribution in [3.63, 3.8) is 0 Å². The van der Waals surface area contributed by atoms with Gasteiger partial charge in [0.05, 0.1) is 5.69 Å². The van der Waals surface area contributed by atoms with E-state index in [4.69, 9.17) is 4.42 Å². The largest absolute Gasteiger partial charge is 0.436 e. The molecule has 2 heteroatoms. The van der Waals surface area contributed by atoms with E-state index in [-0.39, 0.29) is 0 Å². The van der Waals surface area contributed by atoms with Crippen LogP contribution in [0.3, 0.4) is 0 Å². The average Bonchev–Trinajstić information content (AvgIpc) is 2.93. The maximum absolute atomic E-state index is 5.97. The van der Waals surface area contributed by atoms with Crippen LogP contribution in [-0.4, -0.2) is 4.98 Å². The zero-order chi connectivity index (χ0) is 13.1. The highest BCUT2D eigenvalue weighted by Crippen LogP contribution is 2.29. The average molecular weight is 249 g/mol. The number of nitrogens with zero attached hydrogens (tertiary/aromatic N) is 1. The minimum Gasteiger partial charge on any atom is -0.436 e. The summed E-state index contributed by atoms with van der Waals surface area (Å²) in [4.78, 5) is 4.61. The van der Waals surface area contributed by atoms with Crippen molar-refractivity contribution in [1.29, 1.82) is 0 Å². The fraction of sp³-hybridized carbons (Fsp3) is 0.118. The monoisotopic (exact) mass is 249 g/mol. The minimum absolute atomic E-state index is 0.691. The number of benzene rings is 2. The fourth-order valence-electron chi connectivity index (χ4n) is 2.11. The van der Waals surface area contributed by atoms with E-state index < -0.39 is 0 Å². The molecule has 0 aliphatic rings. The number of rotatable bonds is 3. The molecule has 2 nitrogen and oxygen atoms in total. The van der Waals surface area contributed by atoms with E-state index in [0.29, 0.717) is 5.89 Å². The third-order valence-electron chi connectivity index (χ3n) is 3.09. The third kappa shape index (κ3) is 2.29. The maximum Gasteiger partial charge on any atom is 0.227 e. The molecule has 0 aliphatic heterocycles. The summed E-state index contributed by atoms with van der Waals surface area (Å²) in [6.07, 6.45) is 0.862. The van der Waals surface area contributed by atoms with Crippen LogP contribution in [0.15, 0.2) is 65.1 Å². The first-order valence-electron chi connectivity index (χ1n) is 6.49. The molecule has 0 saturated heterocycles. The summed E-state index contributed by atoms with van der Waals surface area (Å²) in [5, 5.41) is 0. The molecule has 1 aromatic heterocycles. The van der Waals surface area contributed by atoms with Gasteiger partial charge in [-0.15, -0.1) is 0 Å². The highest BCUT2D eigenvalue weighted by atomic mass is 16.4. The van der Waals surface area contributed by atoms with Crippen molar-refractivity contribution in [1.82, 2.24) is 4.98 Å². The van der Waals surface area contributed by atoms with Crippen LogP contribution in [0, 0.1) is 0 Å². The zero-order valence-electron chi connectivity index (χ0n) is 10.8. The van der Waals surface area contributed by atoms with Crippen LogP contribution in [0.25, 0.3) is 22.8 Å². The van der Waals surface area contributed by atoms with Crippen LogP contribution in [0.4, 0.5) is 0 Å². The molecular weight excluding hydrogens is 234 g/mol. The Morgan fingerprint density at radius 3 is 2.00 bits per heavy atom. The van der Waals surface area contributed by atoms with Crippen LogP contribution in [0.2, 0.25) is 0 Å². The number of oxazole rings is 1. The molecule has 0 aliphatic carbocycles. The van der Waals surface area contributed by atoms with Crippen LogP contribution in [0.5, 0.6) is 0 Å². The normalized spacial score (nSPS) is 10.6. The molecule has 0 amide bonds. The van der Waals surface area contributed by atoms with Crippen LogP contribution in [-0.2, 0) is 6.42 Å². The molecule has 0 radical (unpaired) electrons. The van der Waals surface area contributed by atoms with Crippen molar-refractivity contribution in [2.24, 2.45) is 0 Å². The maximum atomic E-state index is 5.97. The second-order valence-corrected chi connectivity index (χ2v) is 4.38. The van der Waals surface area contributed by atoms with E-state index in [9.17, 15) is 0 Å². The Balaban J connectivity index is 2.09. The Morgan fingerprint density at radius 1 is 0.842 bits per heavy atom. The molecule has 0 saturated carbocycles. The van der Waals surface area contributed by atoms with E-state index in [1.807, 2.05) is 48.5 Å². The van der Waals surface area contributed by atoms with Crippen molar-refractivity contribution in [3.05, 3.63) is 66.4 Å². The predicted octanol–water partition coefficient (Wildman–Crippen LogP) is 4.57. The summed E-state index contributed by atoms with van der Waals surface area (Å²) in [6.45, 7) is 2.10. The Morgan fingerprint density at radius 2 is 1.42 bits per heavy atom. The van der Waals surface area contributed by atoms with Gasteiger partial charge in [-0.25, -0.2) is 4.98 Å². The summed E-state index contributed by atoms with van der Waals surface area (Å²) >= 11 is 0. The van der Waals surface area contributed by atoms with Crippen molar-refractivity contribution in [2.45, 2.75) is 13.3 Å². The van der Waals surface area contributed by atoms with Gasteiger partial charge >= 0.3 is 0 Å². The molecule has 2 aromatic carbocycles. The van der Waals surface area contributed by atoms with Gasteiger partial charge in [0.1, 0.15) is 0 Å². The smallest absolute Gasteiger partial charge is 0.227 e. The van der Waals surface area contributed by atoms with Gasteiger partial charge in [-0.3, -0.25) is 0 Å². The summed E-state index contributed by atoms with van der Waals surface area (Å²) in [6, 6.07) is 20.1. The lowest BCUT2D eigenvalue weighted by Crippen LogP contribution is -1.84. The molecule has 3 aromatic rings. The Kier molecular flexibility index (Phi) is 3.15. The van der Waals surface area contributed by atoms with Crippen molar-refractivity contribution >= 4 is 0 Å². The Labute approximate surface area is 112 Å². The molecule has 0 bridgehead atoms. The SMILES string of the molecule is CCc1nc(-c2ccccc2)oc1-c1ccccc1. The van der Waals surface area contributed by atoms with Gasteiger partial charge in [0.2, 0.25) is 5.89 Å². The van der Waals surface area contributed by atoms with Gasteiger partial charge in [-0.2, -0.15) is 0 Å². The lowest BCUT2D eigenvalue weighted by atomic mass is 10.1. The van der Waals surface area contributed by atoms with E-state index in [1.165, 1.54) is 0 Å². The van der Waals surface area contributed by atoms with Crippen LogP contribution >= 0.6 is 0 Å². The predicted molar refractivity (Wildman–Crippen MR) is 76.8 cm³/mol. The topological polar surface area (TPSA) is 26.0 Å². The summed E-state index contributed by atoms with van der Waals surface area (Å²) < 4.78 is 5.97. The van der Waals surface area contributed by atoms with Gasteiger partial charge < -0.3 is 4.42 Å². The minimum atomic E-state index is 0.691. The van der Waals surface area contributed by atoms with Crippen molar-refractivity contribution in [3.8, 4) is 22.8 Å². The molecule has 0 unspecified atom stereocenters. The number of aryl methyl sites for hydroxylation is 1. The zero-order valence-corrected chi connectivity index (χ0v) is 10.8. The van der Waals surface area contributed by atoms with E-state index in [0.717, 1.165) is 29.0 Å². The van der Waals surface area contributed by atoms with Gasteiger partial charge in [0.25, 0.3) is 0 Å². The Hall–Kier alpha value is -2.35. The third-order valence-corrected chi connectivity index (χ3v) is 3.09. The highest BCUT2D eigenvalue weighted by molar-refractivity contribution is 5.64.